The van der Waals surface area contributed by atoms with Crippen molar-refractivity contribution >= 4 is 38.8 Å². The van der Waals surface area contributed by atoms with Gasteiger partial charge in [0.1, 0.15) is 5.75 Å². The van der Waals surface area contributed by atoms with Gasteiger partial charge in [-0.25, -0.2) is 0 Å². The predicted octanol–water partition coefficient (Wildman–Crippen LogP) is 15.2. The first kappa shape index (κ1) is 36.3. The van der Waals surface area contributed by atoms with Crippen molar-refractivity contribution in [3.63, 3.8) is 0 Å². The number of H-pyrrole nitrogens is 1. The van der Waals surface area contributed by atoms with Gasteiger partial charge in [0.15, 0.2) is 0 Å². The Hall–Kier alpha value is -7.36. The Kier molecular flexibility index (Phi) is 10.5. The van der Waals surface area contributed by atoms with Crippen LogP contribution < -0.4 is 10.1 Å². The van der Waals surface area contributed by atoms with E-state index in [4.69, 9.17) is 4.74 Å². The van der Waals surface area contributed by atoms with Crippen molar-refractivity contribution in [1.82, 2.24) is 4.98 Å². The molecule has 10 rings (SSSR count). The standard InChI is InChI=1S/C31H27NO.C24H17N/c1-33-29-17-9-16-28(22-29)32-31-19-18-26(24-12-6-3-7-13-24)21-30(31)27-15-8-14-25(20-27)23-10-4-2-5-11-23;1-3-7-17(8-4-1)19-11-13-23-21(15-19)22-16-20(12-14-24(22)25-23)18-9-5-2-6-10-18/h3-4,6-22,32H,2,5H2,1H3;1-16,25H. The van der Waals surface area contributed by atoms with Crippen LogP contribution in [0.4, 0.5) is 11.4 Å². The average Bonchev–Trinajstić information content (AvgIpc) is 3.68. The van der Waals surface area contributed by atoms with Gasteiger partial charge in [-0.3, -0.25) is 0 Å². The van der Waals surface area contributed by atoms with Crippen molar-refractivity contribution in [2.45, 2.75) is 12.8 Å². The second-order valence-corrected chi connectivity index (χ2v) is 14.6. The first-order valence-corrected chi connectivity index (χ1v) is 19.9. The Balaban J connectivity index is 0.000000156. The zero-order chi connectivity index (χ0) is 39.1. The minimum absolute atomic E-state index is 0.834. The molecule has 58 heavy (non-hydrogen) atoms. The van der Waals surface area contributed by atoms with Crippen molar-refractivity contribution in [1.29, 1.82) is 0 Å². The minimum Gasteiger partial charge on any atom is -0.497 e. The summed E-state index contributed by atoms with van der Waals surface area (Å²) in [6.07, 6.45) is 9.04. The molecule has 3 heteroatoms. The smallest absolute Gasteiger partial charge is 0.120 e. The summed E-state index contributed by atoms with van der Waals surface area (Å²) in [5, 5.41) is 6.16. The topological polar surface area (TPSA) is 37.0 Å². The number of hydrogen-bond acceptors (Lipinski definition) is 2. The summed E-state index contributed by atoms with van der Waals surface area (Å²) in [5.41, 5.74) is 16.7. The van der Waals surface area contributed by atoms with Crippen LogP contribution in [0.25, 0.3) is 71.9 Å². The van der Waals surface area contributed by atoms with E-state index in [1.807, 2.05) is 18.2 Å². The minimum atomic E-state index is 0.834. The molecule has 1 aromatic heterocycles. The quantitative estimate of drug-likeness (QED) is 0.162. The zero-order valence-electron chi connectivity index (χ0n) is 32.5. The number of aromatic nitrogens is 1. The summed E-state index contributed by atoms with van der Waals surface area (Å²) in [4.78, 5) is 3.54. The maximum absolute atomic E-state index is 5.41. The van der Waals surface area contributed by atoms with E-state index in [1.165, 1.54) is 77.5 Å². The molecule has 0 unspecified atom stereocenters. The molecule has 0 amide bonds. The number of ether oxygens (including phenoxy) is 1. The normalized spacial score (nSPS) is 12.1. The molecule has 2 N–H and O–H groups in total. The fourth-order valence-corrected chi connectivity index (χ4v) is 7.77. The van der Waals surface area contributed by atoms with Crippen LogP contribution in [0.3, 0.4) is 0 Å². The van der Waals surface area contributed by atoms with Crippen molar-refractivity contribution < 1.29 is 4.74 Å². The third-order valence-electron chi connectivity index (χ3n) is 10.8. The highest BCUT2D eigenvalue weighted by molar-refractivity contribution is 6.09. The first-order chi connectivity index (χ1) is 28.7. The number of methoxy groups -OCH3 is 1. The average molecular weight is 749 g/mol. The summed E-state index contributed by atoms with van der Waals surface area (Å²) in [7, 11) is 1.69. The van der Waals surface area contributed by atoms with E-state index in [9.17, 15) is 0 Å². The van der Waals surface area contributed by atoms with Gasteiger partial charge in [-0.15, -0.1) is 0 Å². The first-order valence-electron chi connectivity index (χ1n) is 19.9. The van der Waals surface area contributed by atoms with E-state index >= 15 is 0 Å². The number of allylic oxidation sites excluding steroid dienone is 4. The highest BCUT2D eigenvalue weighted by Gasteiger charge is 2.12. The number of aromatic amines is 1. The van der Waals surface area contributed by atoms with E-state index in [1.54, 1.807) is 7.11 Å². The third-order valence-corrected chi connectivity index (χ3v) is 10.8. The Bertz CT molecular complexity index is 2790. The van der Waals surface area contributed by atoms with Crippen molar-refractivity contribution in [3.8, 4) is 50.3 Å². The Morgan fingerprint density at radius 1 is 0.448 bits per heavy atom. The molecular weight excluding hydrogens is 705 g/mol. The molecule has 0 atom stereocenters. The van der Waals surface area contributed by atoms with Gasteiger partial charge >= 0.3 is 0 Å². The Morgan fingerprint density at radius 2 is 1.00 bits per heavy atom. The van der Waals surface area contributed by atoms with Crippen LogP contribution >= 0.6 is 0 Å². The fraction of sp³-hybridized carbons (Fsp3) is 0.0545. The van der Waals surface area contributed by atoms with Crippen LogP contribution in [-0.4, -0.2) is 12.1 Å². The lowest BCUT2D eigenvalue weighted by Gasteiger charge is -2.16. The van der Waals surface area contributed by atoms with Crippen LogP contribution in [0, 0.1) is 0 Å². The van der Waals surface area contributed by atoms with Gasteiger partial charge in [-0.2, -0.15) is 0 Å². The number of rotatable bonds is 8. The summed E-state index contributed by atoms with van der Waals surface area (Å²) >= 11 is 0. The molecule has 3 nitrogen and oxygen atoms in total. The van der Waals surface area contributed by atoms with Crippen LogP contribution in [0.2, 0.25) is 0 Å². The molecule has 0 radical (unpaired) electrons. The molecule has 9 aromatic rings. The Morgan fingerprint density at radius 3 is 1.59 bits per heavy atom. The van der Waals surface area contributed by atoms with E-state index < -0.39 is 0 Å². The SMILES string of the molecule is COc1cccc(Nc2ccc(-c3ccccc3)cc2-c2cccc(C3=CCCC=C3)c2)c1.c1ccc(-c2ccc3[nH]c4ccc(-c5ccccc5)cc4c3c2)cc1. The Labute approximate surface area is 340 Å². The largest absolute Gasteiger partial charge is 0.497 e. The highest BCUT2D eigenvalue weighted by atomic mass is 16.5. The highest BCUT2D eigenvalue weighted by Crippen LogP contribution is 2.37. The number of fused-ring (bicyclic) bond motifs is 3. The lowest BCUT2D eigenvalue weighted by Crippen LogP contribution is -1.96. The van der Waals surface area contributed by atoms with Gasteiger partial charge in [-0.1, -0.05) is 152 Å². The number of anilines is 2. The van der Waals surface area contributed by atoms with E-state index in [0.29, 0.717) is 0 Å². The molecule has 0 aliphatic heterocycles. The van der Waals surface area contributed by atoms with Crippen LogP contribution in [0.1, 0.15) is 18.4 Å². The third kappa shape index (κ3) is 7.98. The van der Waals surface area contributed by atoms with Gasteiger partial charge in [-0.05, 0) is 118 Å². The molecule has 0 fully saturated rings. The lowest BCUT2D eigenvalue weighted by molar-refractivity contribution is 0.415. The number of nitrogens with one attached hydrogen (secondary N) is 2. The van der Waals surface area contributed by atoms with Crippen molar-refractivity contribution in [2.24, 2.45) is 0 Å². The molecule has 1 aliphatic carbocycles. The van der Waals surface area contributed by atoms with Crippen molar-refractivity contribution in [2.75, 3.05) is 12.4 Å². The van der Waals surface area contributed by atoms with Gasteiger partial charge in [0.05, 0.1) is 7.11 Å². The summed E-state index contributed by atoms with van der Waals surface area (Å²) in [6, 6.07) is 68.4. The second kappa shape index (κ2) is 16.8. The van der Waals surface area contributed by atoms with E-state index in [-0.39, 0.29) is 0 Å². The van der Waals surface area contributed by atoms with Crippen LogP contribution in [0.15, 0.2) is 212 Å². The zero-order valence-corrected chi connectivity index (χ0v) is 32.5. The maximum atomic E-state index is 5.41. The van der Waals surface area contributed by atoms with Crippen LogP contribution in [-0.2, 0) is 0 Å². The lowest BCUT2D eigenvalue weighted by atomic mass is 9.93. The molecule has 0 saturated carbocycles. The maximum Gasteiger partial charge on any atom is 0.120 e. The fourth-order valence-electron chi connectivity index (χ4n) is 7.77. The molecular formula is C55H44N2O. The molecule has 280 valence electrons. The van der Waals surface area contributed by atoms with E-state index in [2.05, 4.69) is 204 Å². The molecule has 0 saturated heterocycles. The summed E-state index contributed by atoms with van der Waals surface area (Å²) in [6.45, 7) is 0. The second-order valence-electron chi connectivity index (χ2n) is 14.6. The molecule has 0 bridgehead atoms. The number of benzene rings is 8. The van der Waals surface area contributed by atoms with Gasteiger partial charge in [0, 0.05) is 44.8 Å². The molecule has 0 spiro atoms. The van der Waals surface area contributed by atoms with Crippen LogP contribution in [0.5, 0.6) is 5.75 Å². The van der Waals surface area contributed by atoms with Crippen molar-refractivity contribution in [3.05, 3.63) is 218 Å². The summed E-state index contributed by atoms with van der Waals surface area (Å²) < 4.78 is 5.41. The van der Waals surface area contributed by atoms with E-state index in [0.717, 1.165) is 30.0 Å². The molecule has 1 aliphatic rings. The monoisotopic (exact) mass is 748 g/mol. The van der Waals surface area contributed by atoms with Gasteiger partial charge in [0.25, 0.3) is 0 Å². The van der Waals surface area contributed by atoms with Gasteiger partial charge in [0.2, 0.25) is 0 Å². The van der Waals surface area contributed by atoms with Gasteiger partial charge < -0.3 is 15.0 Å². The molecule has 1 heterocycles. The number of hydrogen-bond donors (Lipinski definition) is 2. The molecule has 8 aromatic carbocycles. The predicted molar refractivity (Wildman–Crippen MR) is 247 cm³/mol. The summed E-state index contributed by atoms with van der Waals surface area (Å²) in [5.74, 6) is 0.834.